The molecular formula is C11H12Br2N2O. The fraction of sp³-hybridized carbons (Fsp3) is 0.364. The van der Waals surface area contributed by atoms with Crippen LogP contribution in [0, 0.1) is 12.3 Å². The molecule has 1 heterocycles. The number of nitrogens with zero attached hydrogens (tertiary/aromatic N) is 1. The maximum Gasteiger partial charge on any atom is 0.138 e. The molecule has 0 aliphatic rings. The van der Waals surface area contributed by atoms with Crippen LogP contribution < -0.4 is 5.73 Å². The van der Waals surface area contributed by atoms with Crippen LogP contribution in [0.2, 0.25) is 0 Å². The quantitative estimate of drug-likeness (QED) is 0.673. The van der Waals surface area contributed by atoms with Gasteiger partial charge in [-0.1, -0.05) is 12.8 Å². The van der Waals surface area contributed by atoms with E-state index in [2.05, 4.69) is 49.7 Å². The van der Waals surface area contributed by atoms with Gasteiger partial charge in [-0.3, -0.25) is 0 Å². The fourth-order valence-corrected chi connectivity index (χ4v) is 2.80. The molecule has 1 aromatic rings. The molecule has 0 aromatic carbocycles. The standard InChI is InChI=1S/C11H12Br2N2O/c1-3-5-16-6-8-9(12)7(4-2)10(13)11(14)15-8/h1H,4-6H2,2H3,(H2,14,15). The van der Waals surface area contributed by atoms with Gasteiger partial charge in [0.2, 0.25) is 0 Å². The molecular weight excluding hydrogens is 336 g/mol. The first-order chi connectivity index (χ1) is 7.61. The van der Waals surface area contributed by atoms with E-state index in [4.69, 9.17) is 16.9 Å². The zero-order valence-electron chi connectivity index (χ0n) is 8.89. The van der Waals surface area contributed by atoms with Crippen molar-refractivity contribution in [2.24, 2.45) is 0 Å². The molecule has 1 aromatic heterocycles. The lowest BCUT2D eigenvalue weighted by molar-refractivity contribution is 0.150. The van der Waals surface area contributed by atoms with Gasteiger partial charge in [0.05, 0.1) is 16.8 Å². The molecule has 0 bridgehead atoms. The topological polar surface area (TPSA) is 48.1 Å². The van der Waals surface area contributed by atoms with Crippen LogP contribution in [-0.4, -0.2) is 11.6 Å². The molecule has 0 amide bonds. The second-order valence-corrected chi connectivity index (χ2v) is 4.69. The number of halogens is 2. The molecule has 2 N–H and O–H groups in total. The van der Waals surface area contributed by atoms with E-state index in [1.165, 1.54) is 0 Å². The summed E-state index contributed by atoms with van der Waals surface area (Å²) in [6.07, 6.45) is 5.96. The molecule has 0 saturated carbocycles. The Bertz CT molecular complexity index is 427. The number of hydrogen-bond donors (Lipinski definition) is 1. The molecule has 1 rings (SSSR count). The Morgan fingerprint density at radius 3 is 2.69 bits per heavy atom. The summed E-state index contributed by atoms with van der Waals surface area (Å²) in [4.78, 5) is 4.24. The van der Waals surface area contributed by atoms with Gasteiger partial charge >= 0.3 is 0 Å². The minimum atomic E-state index is 0.269. The summed E-state index contributed by atoms with van der Waals surface area (Å²) in [5.74, 6) is 2.88. The van der Waals surface area contributed by atoms with Crippen LogP contribution in [0.25, 0.3) is 0 Å². The first-order valence-electron chi connectivity index (χ1n) is 4.75. The molecule has 0 saturated heterocycles. The van der Waals surface area contributed by atoms with Gasteiger partial charge in [-0.25, -0.2) is 4.98 Å². The molecule has 16 heavy (non-hydrogen) atoms. The van der Waals surface area contributed by atoms with Crippen LogP contribution >= 0.6 is 31.9 Å². The number of aromatic nitrogens is 1. The maximum atomic E-state index is 5.80. The van der Waals surface area contributed by atoms with Gasteiger partial charge in [-0.05, 0) is 43.8 Å². The van der Waals surface area contributed by atoms with Crippen LogP contribution in [0.15, 0.2) is 8.95 Å². The normalized spacial score (nSPS) is 10.1. The summed E-state index contributed by atoms with van der Waals surface area (Å²) in [6.45, 7) is 2.68. The predicted octanol–water partition coefficient (Wildman–Crippen LogP) is 2.90. The lowest BCUT2D eigenvalue weighted by Gasteiger charge is -2.11. The van der Waals surface area contributed by atoms with Gasteiger partial charge in [0.25, 0.3) is 0 Å². The highest BCUT2D eigenvalue weighted by Crippen LogP contribution is 2.32. The smallest absolute Gasteiger partial charge is 0.138 e. The van der Waals surface area contributed by atoms with E-state index < -0.39 is 0 Å². The van der Waals surface area contributed by atoms with Crippen molar-refractivity contribution in [2.45, 2.75) is 20.0 Å². The average molecular weight is 348 g/mol. The van der Waals surface area contributed by atoms with Gasteiger partial charge in [0.15, 0.2) is 0 Å². The number of nitrogens with two attached hydrogens (primary N) is 1. The Morgan fingerprint density at radius 1 is 1.44 bits per heavy atom. The molecule has 86 valence electrons. The number of ether oxygens (including phenoxy) is 1. The predicted molar refractivity (Wildman–Crippen MR) is 71.9 cm³/mol. The Kier molecular flexibility index (Phi) is 5.26. The third-order valence-corrected chi connectivity index (χ3v) is 3.86. The van der Waals surface area contributed by atoms with E-state index in [1.54, 1.807) is 0 Å². The van der Waals surface area contributed by atoms with Crippen molar-refractivity contribution in [3.05, 3.63) is 20.2 Å². The summed E-state index contributed by atoms with van der Waals surface area (Å²) >= 11 is 6.92. The van der Waals surface area contributed by atoms with E-state index in [1.807, 2.05) is 0 Å². The van der Waals surface area contributed by atoms with Gasteiger partial charge in [0, 0.05) is 4.47 Å². The number of hydrogen-bond acceptors (Lipinski definition) is 3. The molecule has 0 spiro atoms. The van der Waals surface area contributed by atoms with Gasteiger partial charge in [-0.2, -0.15) is 0 Å². The van der Waals surface area contributed by atoms with E-state index in [9.17, 15) is 0 Å². The summed E-state index contributed by atoms with van der Waals surface area (Å²) in [5, 5.41) is 0. The van der Waals surface area contributed by atoms with Crippen LogP contribution in [0.3, 0.4) is 0 Å². The molecule has 0 radical (unpaired) electrons. The van der Waals surface area contributed by atoms with Gasteiger partial charge < -0.3 is 10.5 Å². The number of terminal acetylenes is 1. The average Bonchev–Trinajstić information content (AvgIpc) is 2.26. The Balaban J connectivity index is 3.02. The SMILES string of the molecule is C#CCOCc1nc(N)c(Br)c(CC)c1Br. The largest absolute Gasteiger partial charge is 0.383 e. The lowest BCUT2D eigenvalue weighted by atomic mass is 10.2. The highest BCUT2D eigenvalue weighted by atomic mass is 79.9. The van der Waals surface area contributed by atoms with Crippen molar-refractivity contribution in [1.29, 1.82) is 0 Å². The number of rotatable bonds is 4. The second-order valence-electron chi connectivity index (χ2n) is 3.10. The minimum Gasteiger partial charge on any atom is -0.383 e. The number of anilines is 1. The van der Waals surface area contributed by atoms with Crippen molar-refractivity contribution < 1.29 is 4.74 Å². The zero-order valence-corrected chi connectivity index (χ0v) is 12.1. The maximum absolute atomic E-state index is 5.80. The van der Waals surface area contributed by atoms with Crippen molar-refractivity contribution in [3.8, 4) is 12.3 Å². The van der Waals surface area contributed by atoms with Crippen LogP contribution in [0.4, 0.5) is 5.82 Å². The van der Waals surface area contributed by atoms with E-state index in [-0.39, 0.29) is 6.61 Å². The second kappa shape index (κ2) is 6.24. The number of pyridine rings is 1. The fourth-order valence-electron chi connectivity index (χ4n) is 1.28. The minimum absolute atomic E-state index is 0.269. The molecule has 0 unspecified atom stereocenters. The molecule has 5 heteroatoms. The summed E-state index contributed by atoms with van der Waals surface area (Å²) < 4.78 is 7.00. The zero-order chi connectivity index (χ0) is 12.1. The van der Waals surface area contributed by atoms with Crippen molar-refractivity contribution >= 4 is 37.7 Å². The molecule has 0 fully saturated rings. The van der Waals surface area contributed by atoms with Gasteiger partial charge in [-0.15, -0.1) is 6.42 Å². The lowest BCUT2D eigenvalue weighted by Crippen LogP contribution is -2.05. The van der Waals surface area contributed by atoms with E-state index in [0.717, 1.165) is 26.6 Å². The van der Waals surface area contributed by atoms with Crippen LogP contribution in [0.1, 0.15) is 18.2 Å². The monoisotopic (exact) mass is 346 g/mol. The summed E-state index contributed by atoms with van der Waals surface area (Å²) in [7, 11) is 0. The first kappa shape index (κ1) is 13.5. The Labute approximate surface area is 112 Å². The third-order valence-electron chi connectivity index (χ3n) is 2.04. The van der Waals surface area contributed by atoms with Crippen LogP contribution in [0.5, 0.6) is 0 Å². The van der Waals surface area contributed by atoms with E-state index >= 15 is 0 Å². The Morgan fingerprint density at radius 2 is 2.12 bits per heavy atom. The van der Waals surface area contributed by atoms with Crippen molar-refractivity contribution in [2.75, 3.05) is 12.3 Å². The first-order valence-corrected chi connectivity index (χ1v) is 6.33. The Hall–Kier alpha value is -0.570. The highest BCUT2D eigenvalue weighted by Gasteiger charge is 2.13. The molecule has 3 nitrogen and oxygen atoms in total. The molecule has 0 atom stereocenters. The summed E-state index contributed by atoms with van der Waals surface area (Å²) in [6, 6.07) is 0. The number of nitrogen functional groups attached to an aromatic ring is 1. The molecule has 0 aliphatic heterocycles. The van der Waals surface area contributed by atoms with Crippen molar-refractivity contribution in [1.82, 2.24) is 4.98 Å². The van der Waals surface area contributed by atoms with Gasteiger partial charge in [0.1, 0.15) is 12.4 Å². The van der Waals surface area contributed by atoms with E-state index in [0.29, 0.717) is 12.4 Å². The third kappa shape index (κ3) is 2.97. The van der Waals surface area contributed by atoms with Crippen molar-refractivity contribution in [3.63, 3.8) is 0 Å². The summed E-state index contributed by atoms with van der Waals surface area (Å²) in [5.41, 5.74) is 7.66. The molecule has 0 aliphatic carbocycles. The highest BCUT2D eigenvalue weighted by molar-refractivity contribution is 9.11. The van der Waals surface area contributed by atoms with Crippen LogP contribution in [-0.2, 0) is 17.8 Å².